The molecule has 0 amide bonds. The molecule has 1 aromatic carbocycles. The van der Waals surface area contributed by atoms with Gasteiger partial charge in [0.25, 0.3) is 0 Å². The maximum Gasteiger partial charge on any atom is 0.123 e. The first-order valence-electron chi connectivity index (χ1n) is 7.65. The van der Waals surface area contributed by atoms with E-state index < -0.39 is 0 Å². The predicted molar refractivity (Wildman–Crippen MR) is 78.7 cm³/mol. The van der Waals surface area contributed by atoms with Crippen molar-refractivity contribution < 1.29 is 4.39 Å². The molecule has 19 heavy (non-hydrogen) atoms. The molecule has 2 rings (SSSR count). The van der Waals surface area contributed by atoms with Crippen LogP contribution < -0.4 is 5.32 Å². The van der Waals surface area contributed by atoms with Gasteiger partial charge < -0.3 is 5.32 Å². The maximum atomic E-state index is 13.2. The quantitative estimate of drug-likeness (QED) is 0.798. The lowest BCUT2D eigenvalue weighted by Crippen LogP contribution is -2.41. The van der Waals surface area contributed by atoms with Crippen LogP contribution in [0.4, 0.5) is 4.39 Å². The van der Waals surface area contributed by atoms with Gasteiger partial charge in [0, 0.05) is 12.1 Å². The Morgan fingerprint density at radius 2 is 2.05 bits per heavy atom. The second-order valence-electron chi connectivity index (χ2n) is 6.12. The fourth-order valence-corrected chi connectivity index (χ4v) is 3.18. The first-order chi connectivity index (χ1) is 9.15. The summed E-state index contributed by atoms with van der Waals surface area (Å²) in [7, 11) is 0. The molecule has 0 aromatic heterocycles. The van der Waals surface area contributed by atoms with Crippen LogP contribution in [-0.2, 0) is 6.42 Å². The molecule has 1 fully saturated rings. The highest BCUT2D eigenvalue weighted by atomic mass is 19.1. The van der Waals surface area contributed by atoms with Crippen molar-refractivity contribution in [2.45, 2.75) is 64.5 Å². The van der Waals surface area contributed by atoms with Crippen LogP contribution >= 0.6 is 0 Å². The lowest BCUT2D eigenvalue weighted by Gasteiger charge is -2.27. The van der Waals surface area contributed by atoms with Crippen LogP contribution in [0.15, 0.2) is 24.3 Å². The fraction of sp³-hybridized carbons (Fsp3) is 0.647. The van der Waals surface area contributed by atoms with Crippen molar-refractivity contribution >= 4 is 0 Å². The SMILES string of the molecule is CC(Cc1cccc(F)c1)NC1CCCCCC1C. The summed E-state index contributed by atoms with van der Waals surface area (Å²) >= 11 is 0. The average molecular weight is 263 g/mol. The molecule has 3 atom stereocenters. The van der Waals surface area contributed by atoms with Crippen LogP contribution in [-0.4, -0.2) is 12.1 Å². The molecule has 3 unspecified atom stereocenters. The number of benzene rings is 1. The summed E-state index contributed by atoms with van der Waals surface area (Å²) in [5, 5.41) is 3.75. The minimum absolute atomic E-state index is 0.132. The van der Waals surface area contributed by atoms with E-state index in [-0.39, 0.29) is 5.82 Å². The molecule has 1 N–H and O–H groups in total. The van der Waals surface area contributed by atoms with E-state index in [0.29, 0.717) is 12.1 Å². The van der Waals surface area contributed by atoms with Gasteiger partial charge in [0.15, 0.2) is 0 Å². The first-order valence-corrected chi connectivity index (χ1v) is 7.65. The van der Waals surface area contributed by atoms with Crippen LogP contribution in [0.5, 0.6) is 0 Å². The smallest absolute Gasteiger partial charge is 0.123 e. The molecule has 0 radical (unpaired) electrons. The van der Waals surface area contributed by atoms with E-state index >= 15 is 0 Å². The predicted octanol–water partition coefficient (Wildman–Crippen LogP) is 4.32. The van der Waals surface area contributed by atoms with E-state index in [1.165, 1.54) is 38.2 Å². The van der Waals surface area contributed by atoms with Crippen molar-refractivity contribution in [2.24, 2.45) is 5.92 Å². The topological polar surface area (TPSA) is 12.0 Å². The Morgan fingerprint density at radius 3 is 2.84 bits per heavy atom. The number of rotatable bonds is 4. The summed E-state index contributed by atoms with van der Waals surface area (Å²) in [5.41, 5.74) is 1.08. The largest absolute Gasteiger partial charge is 0.311 e. The summed E-state index contributed by atoms with van der Waals surface area (Å²) < 4.78 is 13.2. The van der Waals surface area contributed by atoms with E-state index in [1.54, 1.807) is 12.1 Å². The van der Waals surface area contributed by atoms with E-state index in [2.05, 4.69) is 19.2 Å². The summed E-state index contributed by atoms with van der Waals surface area (Å²) in [6.45, 7) is 4.57. The summed E-state index contributed by atoms with van der Waals surface area (Å²) in [6, 6.07) is 8.01. The van der Waals surface area contributed by atoms with E-state index in [9.17, 15) is 4.39 Å². The number of hydrogen-bond acceptors (Lipinski definition) is 1. The second kappa shape index (κ2) is 7.04. The van der Waals surface area contributed by atoms with Gasteiger partial charge in [-0.15, -0.1) is 0 Å². The molecule has 1 nitrogen and oxygen atoms in total. The van der Waals surface area contributed by atoms with E-state index in [4.69, 9.17) is 0 Å². The first kappa shape index (κ1) is 14.5. The Hall–Kier alpha value is -0.890. The minimum atomic E-state index is -0.132. The van der Waals surface area contributed by atoms with Crippen molar-refractivity contribution in [3.8, 4) is 0 Å². The van der Waals surface area contributed by atoms with Gasteiger partial charge in [-0.3, -0.25) is 0 Å². The van der Waals surface area contributed by atoms with Gasteiger partial charge in [-0.25, -0.2) is 4.39 Å². The fourth-order valence-electron chi connectivity index (χ4n) is 3.18. The highest BCUT2D eigenvalue weighted by Crippen LogP contribution is 2.23. The maximum absolute atomic E-state index is 13.2. The Bertz CT molecular complexity index is 391. The molecular formula is C17H26FN. The van der Waals surface area contributed by atoms with Crippen LogP contribution in [0.3, 0.4) is 0 Å². The lowest BCUT2D eigenvalue weighted by molar-refractivity contribution is 0.326. The van der Waals surface area contributed by atoms with Crippen LogP contribution in [0.1, 0.15) is 51.5 Å². The summed E-state index contributed by atoms with van der Waals surface area (Å²) in [4.78, 5) is 0. The Morgan fingerprint density at radius 1 is 1.26 bits per heavy atom. The third-order valence-electron chi connectivity index (χ3n) is 4.29. The molecule has 0 bridgehead atoms. The summed E-state index contributed by atoms with van der Waals surface area (Å²) in [6.07, 6.45) is 7.62. The zero-order valence-electron chi connectivity index (χ0n) is 12.2. The average Bonchev–Trinajstić information content (AvgIpc) is 2.55. The third-order valence-corrected chi connectivity index (χ3v) is 4.29. The van der Waals surface area contributed by atoms with Gasteiger partial charge in [-0.05, 0) is 49.8 Å². The zero-order valence-corrected chi connectivity index (χ0v) is 12.2. The van der Waals surface area contributed by atoms with E-state index in [1.807, 2.05) is 6.07 Å². The Balaban J connectivity index is 1.87. The van der Waals surface area contributed by atoms with Crippen molar-refractivity contribution in [3.63, 3.8) is 0 Å². The molecular weight excluding hydrogens is 237 g/mol. The van der Waals surface area contributed by atoms with Gasteiger partial charge >= 0.3 is 0 Å². The third kappa shape index (κ3) is 4.61. The highest BCUT2D eigenvalue weighted by Gasteiger charge is 2.21. The van der Waals surface area contributed by atoms with Gasteiger partial charge in [-0.2, -0.15) is 0 Å². The molecule has 106 valence electrons. The van der Waals surface area contributed by atoms with Gasteiger partial charge in [0.2, 0.25) is 0 Å². The standard InChI is InChI=1S/C17H26FN/c1-13-7-4-3-5-10-17(13)19-14(2)11-15-8-6-9-16(18)12-15/h6,8-9,12-14,17,19H,3-5,7,10-11H2,1-2H3. The summed E-state index contributed by atoms with van der Waals surface area (Å²) in [5.74, 6) is 0.630. The highest BCUT2D eigenvalue weighted by molar-refractivity contribution is 5.17. The lowest BCUT2D eigenvalue weighted by atomic mass is 9.95. The van der Waals surface area contributed by atoms with Gasteiger partial charge in [0.1, 0.15) is 5.82 Å². The van der Waals surface area contributed by atoms with E-state index in [0.717, 1.165) is 17.9 Å². The van der Waals surface area contributed by atoms with Crippen molar-refractivity contribution in [1.29, 1.82) is 0 Å². The molecule has 1 aromatic rings. The number of halogens is 1. The van der Waals surface area contributed by atoms with Gasteiger partial charge in [0.05, 0.1) is 0 Å². The van der Waals surface area contributed by atoms with Crippen molar-refractivity contribution in [1.82, 2.24) is 5.32 Å². The zero-order chi connectivity index (χ0) is 13.7. The number of hydrogen-bond donors (Lipinski definition) is 1. The Labute approximate surface area is 116 Å². The van der Waals surface area contributed by atoms with Crippen LogP contribution in [0, 0.1) is 11.7 Å². The van der Waals surface area contributed by atoms with Gasteiger partial charge in [-0.1, -0.05) is 38.3 Å². The number of nitrogens with one attached hydrogen (secondary N) is 1. The molecule has 0 saturated heterocycles. The Kier molecular flexibility index (Phi) is 5.38. The molecule has 0 aliphatic heterocycles. The molecule has 1 saturated carbocycles. The molecule has 1 aliphatic rings. The van der Waals surface area contributed by atoms with Crippen molar-refractivity contribution in [2.75, 3.05) is 0 Å². The molecule has 2 heteroatoms. The normalized spacial score (nSPS) is 25.8. The monoisotopic (exact) mass is 263 g/mol. The molecule has 0 spiro atoms. The van der Waals surface area contributed by atoms with Crippen molar-refractivity contribution in [3.05, 3.63) is 35.6 Å². The molecule has 0 heterocycles. The second-order valence-corrected chi connectivity index (χ2v) is 6.12. The van der Waals surface area contributed by atoms with Crippen LogP contribution in [0.2, 0.25) is 0 Å². The van der Waals surface area contributed by atoms with Crippen LogP contribution in [0.25, 0.3) is 0 Å². The molecule has 1 aliphatic carbocycles. The minimum Gasteiger partial charge on any atom is -0.311 e.